The Bertz CT molecular complexity index is 1080. The van der Waals surface area contributed by atoms with E-state index < -0.39 is 47.2 Å². The number of primary amides is 1. The van der Waals surface area contributed by atoms with Crippen LogP contribution in [0, 0.1) is 13.7 Å². The van der Waals surface area contributed by atoms with E-state index in [4.69, 9.17) is 17.2 Å². The quantitative estimate of drug-likeness (QED) is 0.0509. The summed E-state index contributed by atoms with van der Waals surface area (Å²) in [6, 6.07) is 0.436. The third-order valence-electron chi connectivity index (χ3n) is 5.42. The Hall–Kier alpha value is -3.70. The van der Waals surface area contributed by atoms with Crippen molar-refractivity contribution in [3.05, 3.63) is 31.4 Å². The molecular formula is C21H30IN9O6. The molecule has 0 saturated heterocycles. The number of carbonyl (C=O) groups is 4. The molecule has 0 bridgehead atoms. The SMILES string of the molecule is NC(=O)[C@@H]1CCCCNc2c(I)cc([N+](=O)[O-])cc2C(=O)N[C@@H](CCCN=C(N)N)C(=O)NCC(=O)N1. The fourth-order valence-corrected chi connectivity index (χ4v) is 4.37. The average molecular weight is 631 g/mol. The molecule has 1 heterocycles. The Kier molecular flexibility index (Phi) is 11.3. The van der Waals surface area contributed by atoms with E-state index >= 15 is 0 Å². The number of carbonyl (C=O) groups excluding carboxylic acids is 4. The van der Waals surface area contributed by atoms with Gasteiger partial charge < -0.3 is 38.5 Å². The first kappa shape index (κ1) is 29.5. The highest BCUT2D eigenvalue weighted by Gasteiger charge is 2.26. The molecule has 0 aromatic heterocycles. The van der Waals surface area contributed by atoms with E-state index in [-0.39, 0.29) is 36.6 Å². The number of amides is 4. The molecule has 10 N–H and O–H groups in total. The zero-order valence-corrected chi connectivity index (χ0v) is 22.1. The second-order valence-corrected chi connectivity index (χ2v) is 9.41. The van der Waals surface area contributed by atoms with Gasteiger partial charge in [-0.25, -0.2) is 0 Å². The minimum atomic E-state index is -1.11. The second-order valence-electron chi connectivity index (χ2n) is 8.24. The number of guanidine groups is 1. The number of non-ortho nitro benzene ring substituents is 1. The number of hydrogen-bond acceptors (Lipinski definition) is 8. The molecule has 4 amide bonds. The molecule has 0 unspecified atom stereocenters. The van der Waals surface area contributed by atoms with Crippen molar-refractivity contribution in [3.8, 4) is 0 Å². The number of nitrogens with two attached hydrogens (primary N) is 3. The maximum Gasteiger partial charge on any atom is 0.271 e. The first-order valence-corrected chi connectivity index (χ1v) is 12.5. The Morgan fingerprint density at radius 2 is 1.86 bits per heavy atom. The summed E-state index contributed by atoms with van der Waals surface area (Å²) in [5, 5.41) is 22.1. The van der Waals surface area contributed by atoms with Gasteiger partial charge in [0.15, 0.2) is 5.96 Å². The van der Waals surface area contributed by atoms with Gasteiger partial charge in [0.2, 0.25) is 17.7 Å². The number of nitrogens with one attached hydrogen (secondary N) is 4. The van der Waals surface area contributed by atoms with Gasteiger partial charge in [-0.2, -0.15) is 0 Å². The first-order chi connectivity index (χ1) is 17.5. The standard InChI is InChI=1S/C21H30IN9O6/c22-13-9-11(31(36)37)8-12-17(13)26-6-2-1-4-14(18(23)33)29-16(32)10-28-20(35)15(30-19(12)34)5-3-7-27-21(24)25/h8-9,14-15,26H,1-7,10H2,(H2,23,33)(H,28,35)(H,29,32)(H,30,34)(H4,24,25,27)/t14-,15-/m0/s1. The Balaban J connectivity index is 2.39. The predicted octanol–water partition coefficient (Wildman–Crippen LogP) is -0.966. The molecule has 202 valence electrons. The Morgan fingerprint density at radius 3 is 2.51 bits per heavy atom. The van der Waals surface area contributed by atoms with E-state index in [9.17, 15) is 29.3 Å². The molecule has 1 aliphatic heterocycles. The number of aliphatic imine (C=N–C) groups is 1. The molecule has 2 atom stereocenters. The number of nitrogens with zero attached hydrogens (tertiary/aromatic N) is 2. The van der Waals surface area contributed by atoms with E-state index in [2.05, 4.69) is 26.3 Å². The lowest BCUT2D eigenvalue weighted by atomic mass is 10.1. The monoisotopic (exact) mass is 631 g/mol. The van der Waals surface area contributed by atoms with E-state index in [0.717, 1.165) is 6.07 Å². The average Bonchev–Trinajstić information content (AvgIpc) is 2.82. The largest absolute Gasteiger partial charge is 0.384 e. The third kappa shape index (κ3) is 9.36. The molecule has 2 rings (SSSR count). The normalized spacial score (nSPS) is 19.3. The molecule has 0 saturated carbocycles. The molecule has 16 heteroatoms. The highest BCUT2D eigenvalue weighted by molar-refractivity contribution is 14.1. The summed E-state index contributed by atoms with van der Waals surface area (Å²) in [6.07, 6.45) is 1.75. The van der Waals surface area contributed by atoms with Crippen LogP contribution in [0.3, 0.4) is 0 Å². The molecule has 0 aliphatic carbocycles. The van der Waals surface area contributed by atoms with E-state index in [1.165, 1.54) is 6.07 Å². The molecule has 1 aromatic carbocycles. The van der Waals surface area contributed by atoms with Crippen LogP contribution < -0.4 is 38.5 Å². The van der Waals surface area contributed by atoms with Crippen LogP contribution in [0.25, 0.3) is 0 Å². The molecule has 37 heavy (non-hydrogen) atoms. The van der Waals surface area contributed by atoms with Crippen molar-refractivity contribution in [2.24, 2.45) is 22.2 Å². The van der Waals surface area contributed by atoms with Crippen LogP contribution in [-0.2, 0) is 14.4 Å². The van der Waals surface area contributed by atoms with Crippen molar-refractivity contribution in [2.75, 3.05) is 25.0 Å². The summed E-state index contributed by atoms with van der Waals surface area (Å²) in [7, 11) is 0. The zero-order valence-electron chi connectivity index (χ0n) is 19.9. The van der Waals surface area contributed by atoms with Crippen molar-refractivity contribution in [1.29, 1.82) is 0 Å². The highest BCUT2D eigenvalue weighted by atomic mass is 127. The number of benzene rings is 1. The number of halogens is 1. The molecule has 1 aliphatic rings. The number of nitro groups is 1. The summed E-state index contributed by atoms with van der Waals surface area (Å²) in [5.41, 5.74) is 16.1. The van der Waals surface area contributed by atoms with Crippen molar-refractivity contribution in [3.63, 3.8) is 0 Å². The number of hydrogen-bond donors (Lipinski definition) is 7. The van der Waals surface area contributed by atoms with Gasteiger partial charge in [0.05, 0.1) is 22.7 Å². The summed E-state index contributed by atoms with van der Waals surface area (Å²) >= 11 is 1.89. The fraction of sp³-hybridized carbons (Fsp3) is 0.476. The van der Waals surface area contributed by atoms with Crippen LogP contribution in [0.15, 0.2) is 17.1 Å². The predicted molar refractivity (Wildman–Crippen MR) is 143 cm³/mol. The van der Waals surface area contributed by atoms with Crippen LogP contribution in [0.5, 0.6) is 0 Å². The van der Waals surface area contributed by atoms with Gasteiger partial charge in [0.1, 0.15) is 12.1 Å². The second kappa shape index (κ2) is 14.1. The van der Waals surface area contributed by atoms with E-state index in [1.54, 1.807) is 0 Å². The topological polar surface area (TPSA) is 250 Å². The molecule has 0 fully saturated rings. The fourth-order valence-electron chi connectivity index (χ4n) is 3.57. The van der Waals surface area contributed by atoms with E-state index in [1.807, 2.05) is 22.6 Å². The van der Waals surface area contributed by atoms with Gasteiger partial charge in [-0.3, -0.25) is 34.3 Å². The van der Waals surface area contributed by atoms with Gasteiger partial charge in [0, 0.05) is 28.8 Å². The van der Waals surface area contributed by atoms with Crippen LogP contribution in [0.2, 0.25) is 0 Å². The first-order valence-electron chi connectivity index (χ1n) is 11.4. The van der Waals surface area contributed by atoms with Gasteiger partial charge in [-0.1, -0.05) is 0 Å². The van der Waals surface area contributed by atoms with Crippen molar-refractivity contribution in [2.45, 2.75) is 44.2 Å². The van der Waals surface area contributed by atoms with E-state index in [0.29, 0.717) is 35.1 Å². The zero-order chi connectivity index (χ0) is 27.5. The number of nitro benzene ring substituents is 1. The smallest absolute Gasteiger partial charge is 0.271 e. The molecule has 0 spiro atoms. The van der Waals surface area contributed by atoms with Crippen molar-refractivity contribution < 1.29 is 24.1 Å². The Labute approximate surface area is 226 Å². The number of rotatable bonds is 6. The van der Waals surface area contributed by atoms with Crippen molar-refractivity contribution >= 4 is 63.6 Å². The minimum Gasteiger partial charge on any atom is -0.384 e. The van der Waals surface area contributed by atoms with Gasteiger partial charge in [0.25, 0.3) is 11.6 Å². The molecular weight excluding hydrogens is 601 g/mol. The summed E-state index contributed by atoms with van der Waals surface area (Å²) in [6.45, 7) is 0.102. The lowest BCUT2D eigenvalue weighted by Gasteiger charge is -2.21. The molecule has 1 aromatic rings. The van der Waals surface area contributed by atoms with Crippen molar-refractivity contribution in [1.82, 2.24) is 16.0 Å². The minimum absolute atomic E-state index is 0.0135. The maximum absolute atomic E-state index is 13.2. The van der Waals surface area contributed by atoms with Crippen LogP contribution in [0.4, 0.5) is 11.4 Å². The summed E-state index contributed by atoms with van der Waals surface area (Å²) < 4.78 is 0.439. The lowest BCUT2D eigenvalue weighted by Crippen LogP contribution is -2.51. The maximum atomic E-state index is 13.2. The summed E-state index contributed by atoms with van der Waals surface area (Å²) in [4.78, 5) is 64.8. The lowest BCUT2D eigenvalue weighted by molar-refractivity contribution is -0.384. The van der Waals surface area contributed by atoms with Gasteiger partial charge >= 0.3 is 0 Å². The number of anilines is 1. The van der Waals surface area contributed by atoms with Crippen LogP contribution in [-0.4, -0.2) is 66.2 Å². The summed E-state index contributed by atoms with van der Waals surface area (Å²) in [5.74, 6) is -2.84. The van der Waals surface area contributed by atoms with Gasteiger partial charge in [-0.05, 0) is 54.7 Å². The third-order valence-corrected chi connectivity index (χ3v) is 6.27. The Morgan fingerprint density at radius 1 is 1.14 bits per heavy atom. The van der Waals surface area contributed by atoms with Crippen LogP contribution in [0.1, 0.15) is 42.5 Å². The molecule has 15 nitrogen and oxygen atoms in total. The number of fused-ring (bicyclic) bond motifs is 1. The van der Waals surface area contributed by atoms with Gasteiger partial charge in [-0.15, -0.1) is 0 Å². The highest BCUT2D eigenvalue weighted by Crippen LogP contribution is 2.29. The molecule has 0 radical (unpaired) electrons. The van der Waals surface area contributed by atoms with Crippen LogP contribution >= 0.6 is 22.6 Å².